The largest absolute Gasteiger partial charge is 0.355 e. The maximum absolute atomic E-state index is 12.4. The molecule has 0 aromatic rings. The van der Waals surface area contributed by atoms with Gasteiger partial charge in [0.15, 0.2) is 0 Å². The zero-order chi connectivity index (χ0) is 15.2. The molecule has 2 N–H and O–H groups in total. The van der Waals surface area contributed by atoms with E-state index in [-0.39, 0.29) is 17.2 Å². The standard InChI is InChI=1S/C15H29N3O2S/c1-12(21(2)20)5-10-17-15(19)14-4-3-11-18(14)13-6-8-16-9-7-13/h12-14,16H,3-11H2,1-2H3,(H,17,19). The predicted octanol–water partition coefficient (Wildman–Crippen LogP) is 0.476. The molecule has 2 rings (SSSR count). The van der Waals surface area contributed by atoms with Crippen molar-refractivity contribution in [1.29, 1.82) is 0 Å². The summed E-state index contributed by atoms with van der Waals surface area (Å²) in [6, 6.07) is 0.613. The first-order valence-electron chi connectivity index (χ1n) is 8.16. The number of rotatable bonds is 6. The fraction of sp³-hybridized carbons (Fsp3) is 0.933. The lowest BCUT2D eigenvalue weighted by Crippen LogP contribution is -2.51. The minimum Gasteiger partial charge on any atom is -0.355 e. The van der Waals surface area contributed by atoms with E-state index in [0.29, 0.717) is 12.6 Å². The van der Waals surface area contributed by atoms with Gasteiger partial charge in [0, 0.05) is 34.9 Å². The van der Waals surface area contributed by atoms with Crippen LogP contribution in [0.1, 0.15) is 39.0 Å². The monoisotopic (exact) mass is 315 g/mol. The summed E-state index contributed by atoms with van der Waals surface area (Å²) in [5.74, 6) is 0.167. The molecule has 21 heavy (non-hydrogen) atoms. The Morgan fingerprint density at radius 2 is 2.10 bits per heavy atom. The van der Waals surface area contributed by atoms with E-state index < -0.39 is 10.8 Å². The number of nitrogens with zero attached hydrogens (tertiary/aromatic N) is 1. The van der Waals surface area contributed by atoms with Crippen molar-refractivity contribution in [3.63, 3.8) is 0 Å². The zero-order valence-electron chi connectivity index (χ0n) is 13.3. The average molecular weight is 315 g/mol. The molecular weight excluding hydrogens is 286 g/mol. The summed E-state index contributed by atoms with van der Waals surface area (Å²) in [6.45, 7) is 5.79. The Hall–Kier alpha value is -0.460. The van der Waals surface area contributed by atoms with Gasteiger partial charge >= 0.3 is 0 Å². The van der Waals surface area contributed by atoms with Gasteiger partial charge in [-0.05, 0) is 51.7 Å². The van der Waals surface area contributed by atoms with Crippen molar-refractivity contribution in [3.05, 3.63) is 0 Å². The van der Waals surface area contributed by atoms with Crippen LogP contribution < -0.4 is 10.6 Å². The van der Waals surface area contributed by atoms with Crippen LogP contribution in [0.5, 0.6) is 0 Å². The maximum Gasteiger partial charge on any atom is 0.237 e. The minimum atomic E-state index is -0.806. The van der Waals surface area contributed by atoms with Crippen LogP contribution >= 0.6 is 0 Å². The van der Waals surface area contributed by atoms with E-state index in [4.69, 9.17) is 0 Å². The molecule has 2 aliphatic rings. The number of likely N-dealkylation sites (tertiary alicyclic amines) is 1. The van der Waals surface area contributed by atoms with E-state index in [9.17, 15) is 9.00 Å². The minimum absolute atomic E-state index is 0.0514. The van der Waals surface area contributed by atoms with Gasteiger partial charge in [-0.25, -0.2) is 0 Å². The molecule has 5 nitrogen and oxygen atoms in total. The van der Waals surface area contributed by atoms with Crippen molar-refractivity contribution in [2.24, 2.45) is 0 Å². The van der Waals surface area contributed by atoms with Gasteiger partial charge in [-0.1, -0.05) is 6.92 Å². The van der Waals surface area contributed by atoms with Crippen LogP contribution in [0.3, 0.4) is 0 Å². The molecule has 2 aliphatic heterocycles. The molecule has 2 saturated heterocycles. The summed E-state index contributed by atoms with van der Waals surface area (Å²) < 4.78 is 11.3. The van der Waals surface area contributed by atoms with Gasteiger partial charge in [-0.15, -0.1) is 0 Å². The Balaban J connectivity index is 1.79. The van der Waals surface area contributed by atoms with Crippen LogP contribution in [-0.4, -0.2) is 64.8 Å². The van der Waals surface area contributed by atoms with Crippen LogP contribution in [0, 0.1) is 0 Å². The first-order chi connectivity index (χ1) is 10.1. The van der Waals surface area contributed by atoms with Crippen molar-refractivity contribution in [3.8, 4) is 0 Å². The molecule has 0 bridgehead atoms. The second-order valence-electron chi connectivity index (χ2n) is 6.27. The summed E-state index contributed by atoms with van der Waals surface area (Å²) in [4.78, 5) is 14.8. The molecule has 0 saturated carbocycles. The number of hydrogen-bond acceptors (Lipinski definition) is 4. The van der Waals surface area contributed by atoms with Crippen LogP contribution in [0.2, 0.25) is 0 Å². The lowest BCUT2D eigenvalue weighted by atomic mass is 10.0. The highest BCUT2D eigenvalue weighted by molar-refractivity contribution is 7.84. The molecule has 0 aromatic heterocycles. The number of amides is 1. The molecule has 2 fully saturated rings. The Bertz CT molecular complexity index is 372. The Kier molecular flexibility index (Phi) is 6.64. The number of carbonyl (C=O) groups excluding carboxylic acids is 1. The topological polar surface area (TPSA) is 61.4 Å². The third-order valence-electron chi connectivity index (χ3n) is 4.79. The molecule has 0 radical (unpaired) electrons. The smallest absolute Gasteiger partial charge is 0.237 e. The summed E-state index contributed by atoms with van der Waals surface area (Å²) >= 11 is 0. The highest BCUT2D eigenvalue weighted by atomic mass is 32.2. The van der Waals surface area contributed by atoms with Gasteiger partial charge in [-0.2, -0.15) is 0 Å². The molecule has 122 valence electrons. The number of carbonyl (C=O) groups is 1. The molecule has 0 aliphatic carbocycles. The summed E-state index contributed by atoms with van der Waals surface area (Å²) in [6.07, 6.45) is 6.91. The summed E-state index contributed by atoms with van der Waals surface area (Å²) in [5.41, 5.74) is 0. The number of piperidine rings is 1. The van der Waals surface area contributed by atoms with Crippen LogP contribution in [0.25, 0.3) is 0 Å². The van der Waals surface area contributed by atoms with Gasteiger partial charge in [0.1, 0.15) is 0 Å². The molecule has 0 spiro atoms. The Morgan fingerprint density at radius 1 is 1.38 bits per heavy atom. The van der Waals surface area contributed by atoms with E-state index in [2.05, 4.69) is 15.5 Å². The normalized spacial score (nSPS) is 27.4. The van der Waals surface area contributed by atoms with Gasteiger partial charge in [-0.3, -0.25) is 13.9 Å². The average Bonchev–Trinajstić information content (AvgIpc) is 2.97. The quantitative estimate of drug-likeness (QED) is 0.748. The summed E-state index contributed by atoms with van der Waals surface area (Å²) in [5, 5.41) is 6.58. The van der Waals surface area contributed by atoms with E-state index in [1.54, 1.807) is 6.26 Å². The van der Waals surface area contributed by atoms with Crippen LogP contribution in [0.4, 0.5) is 0 Å². The van der Waals surface area contributed by atoms with Crippen LogP contribution in [0.15, 0.2) is 0 Å². The molecule has 2 heterocycles. The molecular formula is C15H29N3O2S. The molecule has 3 unspecified atom stereocenters. The molecule has 1 amide bonds. The Morgan fingerprint density at radius 3 is 2.76 bits per heavy atom. The SMILES string of the molecule is CC(CCNC(=O)C1CCCN1C1CCNCC1)S(C)=O. The van der Waals surface area contributed by atoms with Gasteiger partial charge in [0.25, 0.3) is 0 Å². The summed E-state index contributed by atoms with van der Waals surface area (Å²) in [7, 11) is -0.806. The highest BCUT2D eigenvalue weighted by Crippen LogP contribution is 2.24. The fourth-order valence-electron chi connectivity index (χ4n) is 3.33. The van der Waals surface area contributed by atoms with Gasteiger partial charge < -0.3 is 10.6 Å². The molecule has 0 aromatic carbocycles. The fourth-order valence-corrected chi connectivity index (χ4v) is 3.78. The van der Waals surface area contributed by atoms with E-state index >= 15 is 0 Å². The predicted molar refractivity (Wildman–Crippen MR) is 86.8 cm³/mol. The van der Waals surface area contributed by atoms with Crippen molar-refractivity contribution in [2.45, 2.75) is 56.4 Å². The first-order valence-corrected chi connectivity index (χ1v) is 9.78. The maximum atomic E-state index is 12.4. The van der Waals surface area contributed by atoms with Gasteiger partial charge in [0.05, 0.1) is 6.04 Å². The van der Waals surface area contributed by atoms with Crippen molar-refractivity contribution < 1.29 is 9.00 Å². The third-order valence-corrected chi connectivity index (χ3v) is 6.16. The van der Waals surface area contributed by atoms with E-state index in [1.807, 2.05) is 6.92 Å². The van der Waals surface area contributed by atoms with Crippen molar-refractivity contribution in [1.82, 2.24) is 15.5 Å². The van der Waals surface area contributed by atoms with Gasteiger partial charge in [0.2, 0.25) is 5.91 Å². The second kappa shape index (κ2) is 8.25. The zero-order valence-corrected chi connectivity index (χ0v) is 14.1. The lowest BCUT2D eigenvalue weighted by Gasteiger charge is -2.35. The lowest BCUT2D eigenvalue weighted by molar-refractivity contribution is -0.126. The third kappa shape index (κ3) is 4.76. The van der Waals surface area contributed by atoms with Crippen LogP contribution in [-0.2, 0) is 15.6 Å². The first kappa shape index (κ1) is 16.9. The molecule has 3 atom stereocenters. The molecule has 6 heteroatoms. The number of hydrogen-bond donors (Lipinski definition) is 2. The van der Waals surface area contributed by atoms with E-state index in [1.165, 1.54) is 0 Å². The van der Waals surface area contributed by atoms with Crippen molar-refractivity contribution in [2.75, 3.05) is 32.4 Å². The van der Waals surface area contributed by atoms with E-state index in [0.717, 1.165) is 51.7 Å². The highest BCUT2D eigenvalue weighted by Gasteiger charge is 2.35. The second-order valence-corrected chi connectivity index (χ2v) is 8.07. The Labute approximate surface area is 130 Å². The van der Waals surface area contributed by atoms with Crippen molar-refractivity contribution >= 4 is 16.7 Å². The number of nitrogens with one attached hydrogen (secondary N) is 2.